The molecule has 2 heteroatoms. The van der Waals surface area contributed by atoms with E-state index >= 15 is 0 Å². The molecule has 0 amide bonds. The summed E-state index contributed by atoms with van der Waals surface area (Å²) in [5.74, 6) is 2.21. The highest BCUT2D eigenvalue weighted by Gasteiger charge is 2.44. The topological polar surface area (TPSA) is 9.86 Å². The monoisotopic (exact) mass is 760 g/mol. The molecule has 6 aromatic carbocycles. The van der Waals surface area contributed by atoms with Crippen molar-refractivity contribution >= 4 is 43.6 Å². The molecule has 0 radical (unpaired) electrons. The molecular weight excluding hydrogens is 701 g/mol. The van der Waals surface area contributed by atoms with Gasteiger partial charge in [-0.2, -0.15) is 0 Å². The van der Waals surface area contributed by atoms with Crippen LogP contribution in [0.4, 0.5) is 0 Å². The lowest BCUT2D eigenvalue weighted by Gasteiger charge is -2.36. The molecule has 0 saturated carbocycles. The Labute approximate surface area is 346 Å². The van der Waals surface area contributed by atoms with Gasteiger partial charge in [0.15, 0.2) is 0 Å². The lowest BCUT2D eigenvalue weighted by molar-refractivity contribution is 0.337. The first-order chi connectivity index (χ1) is 27.9. The standard InChI is InChI=1S/C56H60N2/c1-10-13-39-16-23-53-47(26-39)49-28-41(20-25-55(49)58(53)34-38(8)9)43-18-22-45-44-21-17-42(29-50(44)56(31-35(2)3,32-36(4)5)51(45)30-43)40-19-24-54-48(27-40)46-14-11-12-15-52(46)57(54)33-37(6)7/h10-12,14-30,35-38H,1,13,31-34H2,2-9H3. The molecule has 0 bridgehead atoms. The van der Waals surface area contributed by atoms with Crippen molar-refractivity contribution in [3.8, 4) is 33.4 Å². The van der Waals surface area contributed by atoms with Crippen LogP contribution in [0, 0.1) is 23.7 Å². The van der Waals surface area contributed by atoms with Crippen LogP contribution in [0.25, 0.3) is 77.0 Å². The molecular formula is C56H60N2. The Bertz CT molecular complexity index is 2840. The van der Waals surface area contributed by atoms with E-state index in [1.165, 1.54) is 93.7 Å². The predicted molar refractivity (Wildman–Crippen MR) is 252 cm³/mol. The predicted octanol–water partition coefficient (Wildman–Crippen LogP) is 15.6. The SMILES string of the molecule is C=CCc1ccc2c(c1)c1cc(-c3ccc4c(c3)C(CC(C)C)(CC(C)C)c3cc(-c5ccc6c(c5)c5ccccc5n6CC(C)C)ccc3-4)ccc1n2CC(C)C. The van der Waals surface area contributed by atoms with E-state index in [1.54, 1.807) is 0 Å². The van der Waals surface area contributed by atoms with Gasteiger partial charge in [0, 0.05) is 62.1 Å². The number of allylic oxidation sites excluding steroid dienone is 1. The van der Waals surface area contributed by atoms with Gasteiger partial charge < -0.3 is 9.13 Å². The third kappa shape index (κ3) is 6.41. The van der Waals surface area contributed by atoms with E-state index in [0.717, 1.165) is 32.4 Å². The van der Waals surface area contributed by atoms with Crippen molar-refractivity contribution in [1.29, 1.82) is 0 Å². The molecule has 0 aliphatic heterocycles. The summed E-state index contributed by atoms with van der Waals surface area (Å²) in [6.07, 6.45) is 5.13. The van der Waals surface area contributed by atoms with Crippen molar-refractivity contribution in [3.05, 3.63) is 145 Å². The van der Waals surface area contributed by atoms with E-state index in [1.807, 2.05) is 6.08 Å². The second-order valence-electron chi connectivity index (χ2n) is 19.1. The molecule has 9 rings (SSSR count). The van der Waals surface area contributed by atoms with E-state index in [2.05, 4.69) is 186 Å². The van der Waals surface area contributed by atoms with Crippen molar-refractivity contribution in [2.24, 2.45) is 23.7 Å². The third-order valence-electron chi connectivity index (χ3n) is 12.7. The van der Waals surface area contributed by atoms with E-state index in [-0.39, 0.29) is 5.41 Å². The first kappa shape index (κ1) is 38.2. The molecule has 8 aromatic rings. The summed E-state index contributed by atoms with van der Waals surface area (Å²) in [6.45, 7) is 25.0. The average molecular weight is 761 g/mol. The second kappa shape index (κ2) is 14.8. The molecule has 2 heterocycles. The molecule has 58 heavy (non-hydrogen) atoms. The van der Waals surface area contributed by atoms with Gasteiger partial charge in [0.1, 0.15) is 0 Å². The number of fused-ring (bicyclic) bond motifs is 9. The van der Waals surface area contributed by atoms with E-state index in [0.29, 0.717) is 23.7 Å². The van der Waals surface area contributed by atoms with Gasteiger partial charge in [-0.1, -0.05) is 122 Å². The summed E-state index contributed by atoms with van der Waals surface area (Å²) in [7, 11) is 0. The maximum absolute atomic E-state index is 4.03. The maximum atomic E-state index is 4.03. The van der Waals surface area contributed by atoms with Crippen LogP contribution in [-0.4, -0.2) is 9.13 Å². The number of hydrogen-bond acceptors (Lipinski definition) is 0. The molecule has 0 saturated heterocycles. The van der Waals surface area contributed by atoms with Crippen molar-refractivity contribution in [3.63, 3.8) is 0 Å². The highest BCUT2D eigenvalue weighted by atomic mass is 15.0. The van der Waals surface area contributed by atoms with Crippen molar-refractivity contribution in [2.45, 2.75) is 93.2 Å². The maximum Gasteiger partial charge on any atom is 0.0491 e. The highest BCUT2D eigenvalue weighted by Crippen LogP contribution is 2.56. The van der Waals surface area contributed by atoms with Crippen LogP contribution in [0.5, 0.6) is 0 Å². The lowest BCUT2D eigenvalue weighted by Crippen LogP contribution is -2.29. The number of para-hydroxylation sites is 1. The zero-order valence-electron chi connectivity index (χ0n) is 36.0. The Morgan fingerprint density at radius 3 is 1.40 bits per heavy atom. The van der Waals surface area contributed by atoms with Gasteiger partial charge >= 0.3 is 0 Å². The number of hydrogen-bond donors (Lipinski definition) is 0. The molecule has 0 spiro atoms. The fourth-order valence-electron chi connectivity index (χ4n) is 10.8. The minimum atomic E-state index is -0.0760. The Balaban J connectivity index is 1.19. The van der Waals surface area contributed by atoms with Crippen LogP contribution >= 0.6 is 0 Å². The summed E-state index contributed by atoms with van der Waals surface area (Å²) in [4.78, 5) is 0. The number of nitrogens with zero attached hydrogens (tertiary/aromatic N) is 2. The van der Waals surface area contributed by atoms with Gasteiger partial charge in [0.2, 0.25) is 0 Å². The fraction of sp³-hybridized carbons (Fsp3) is 0.321. The van der Waals surface area contributed by atoms with Crippen LogP contribution in [0.15, 0.2) is 128 Å². The molecule has 1 aliphatic carbocycles. The average Bonchev–Trinajstić information content (AvgIpc) is 3.76. The van der Waals surface area contributed by atoms with Gasteiger partial charge in [0.25, 0.3) is 0 Å². The summed E-state index contributed by atoms with van der Waals surface area (Å²) in [5, 5.41) is 5.37. The zero-order chi connectivity index (χ0) is 40.5. The smallest absolute Gasteiger partial charge is 0.0491 e. The molecule has 2 aromatic heterocycles. The first-order valence-electron chi connectivity index (χ1n) is 21.9. The minimum absolute atomic E-state index is 0.0760. The molecule has 294 valence electrons. The van der Waals surface area contributed by atoms with Crippen LogP contribution in [0.3, 0.4) is 0 Å². The quantitative estimate of drug-likeness (QED) is 0.110. The molecule has 2 nitrogen and oxygen atoms in total. The summed E-state index contributed by atoms with van der Waals surface area (Å²) >= 11 is 0. The lowest BCUT2D eigenvalue weighted by atomic mass is 9.67. The Morgan fingerprint density at radius 1 is 0.466 bits per heavy atom. The summed E-state index contributed by atoms with van der Waals surface area (Å²) < 4.78 is 5.05. The van der Waals surface area contributed by atoms with Crippen molar-refractivity contribution < 1.29 is 0 Å². The van der Waals surface area contributed by atoms with Gasteiger partial charge in [-0.3, -0.25) is 0 Å². The highest BCUT2D eigenvalue weighted by molar-refractivity contribution is 6.10. The van der Waals surface area contributed by atoms with E-state index < -0.39 is 0 Å². The summed E-state index contributed by atoms with van der Waals surface area (Å²) in [6, 6.07) is 45.1. The van der Waals surface area contributed by atoms with Crippen molar-refractivity contribution in [2.75, 3.05) is 0 Å². The summed E-state index contributed by atoms with van der Waals surface area (Å²) in [5.41, 5.74) is 17.6. The molecule has 0 fully saturated rings. The van der Waals surface area contributed by atoms with E-state index in [4.69, 9.17) is 0 Å². The normalized spacial score (nSPS) is 13.7. The molecule has 1 aliphatic rings. The fourth-order valence-corrected chi connectivity index (χ4v) is 10.8. The Morgan fingerprint density at radius 2 is 0.897 bits per heavy atom. The van der Waals surface area contributed by atoms with Crippen LogP contribution in [-0.2, 0) is 24.9 Å². The molecule has 0 atom stereocenters. The number of rotatable bonds is 12. The van der Waals surface area contributed by atoms with Gasteiger partial charge in [0.05, 0.1) is 0 Å². The number of aromatic nitrogens is 2. The Hall–Kier alpha value is -5.34. The van der Waals surface area contributed by atoms with Crippen LogP contribution < -0.4 is 0 Å². The Kier molecular flexibility index (Phi) is 9.74. The van der Waals surface area contributed by atoms with Crippen molar-refractivity contribution in [1.82, 2.24) is 9.13 Å². The second-order valence-corrected chi connectivity index (χ2v) is 19.1. The van der Waals surface area contributed by atoms with E-state index in [9.17, 15) is 0 Å². The van der Waals surface area contributed by atoms with Gasteiger partial charge in [-0.25, -0.2) is 0 Å². The van der Waals surface area contributed by atoms with Crippen LogP contribution in [0.2, 0.25) is 0 Å². The zero-order valence-corrected chi connectivity index (χ0v) is 36.0. The van der Waals surface area contributed by atoms with Gasteiger partial charge in [-0.05, 0) is 148 Å². The minimum Gasteiger partial charge on any atom is -0.340 e. The number of benzene rings is 6. The molecule has 0 N–H and O–H groups in total. The largest absolute Gasteiger partial charge is 0.340 e. The first-order valence-corrected chi connectivity index (χ1v) is 21.9. The van der Waals surface area contributed by atoms with Gasteiger partial charge in [-0.15, -0.1) is 6.58 Å². The molecule has 0 unspecified atom stereocenters. The third-order valence-corrected chi connectivity index (χ3v) is 12.7. The van der Waals surface area contributed by atoms with Crippen LogP contribution in [0.1, 0.15) is 84.9 Å².